The van der Waals surface area contributed by atoms with Gasteiger partial charge in [-0.3, -0.25) is 4.79 Å². The summed E-state index contributed by atoms with van der Waals surface area (Å²) in [7, 11) is -1.88. The Kier molecular flexibility index (Phi) is 7.38. The number of hydrogen-bond donors (Lipinski definition) is 0. The predicted molar refractivity (Wildman–Crippen MR) is 121 cm³/mol. The van der Waals surface area contributed by atoms with Gasteiger partial charge in [-0.25, -0.2) is 8.42 Å². The van der Waals surface area contributed by atoms with Crippen LogP contribution < -0.4 is 9.64 Å². The standard InChI is InChI=1S/C21H26BrN3O4S/c1-29-20-6-4-3-5-19(20)23-11-13-24(14-12-23)21(26)16-25(30(2,27)28)15-17-7-9-18(22)10-8-17/h3-10H,11-16H2,1-2H3. The number of halogens is 1. The lowest BCUT2D eigenvalue weighted by Crippen LogP contribution is -2.51. The normalized spacial score (nSPS) is 14.8. The monoisotopic (exact) mass is 495 g/mol. The molecule has 0 unspecified atom stereocenters. The molecular formula is C21H26BrN3O4S. The van der Waals surface area contributed by atoms with Crippen molar-refractivity contribution in [3.05, 3.63) is 58.6 Å². The van der Waals surface area contributed by atoms with Gasteiger partial charge in [-0.1, -0.05) is 40.2 Å². The number of sulfonamides is 1. The fourth-order valence-electron chi connectivity index (χ4n) is 3.42. The molecule has 0 radical (unpaired) electrons. The minimum Gasteiger partial charge on any atom is -0.495 e. The summed E-state index contributed by atoms with van der Waals surface area (Å²) in [5.74, 6) is 0.618. The number of benzene rings is 2. The van der Waals surface area contributed by atoms with Crippen molar-refractivity contribution in [2.45, 2.75) is 6.54 Å². The molecule has 7 nitrogen and oxygen atoms in total. The molecule has 0 bridgehead atoms. The zero-order chi connectivity index (χ0) is 21.7. The van der Waals surface area contributed by atoms with Crippen LogP contribution in [0.3, 0.4) is 0 Å². The Morgan fingerprint density at radius 2 is 1.70 bits per heavy atom. The van der Waals surface area contributed by atoms with Gasteiger partial charge in [-0.2, -0.15) is 4.31 Å². The molecule has 1 amide bonds. The van der Waals surface area contributed by atoms with Crippen LogP contribution in [0.2, 0.25) is 0 Å². The predicted octanol–water partition coefficient (Wildman–Crippen LogP) is 2.57. The summed E-state index contributed by atoms with van der Waals surface area (Å²) in [5, 5.41) is 0. The first kappa shape index (κ1) is 22.6. The van der Waals surface area contributed by atoms with Gasteiger partial charge in [0.25, 0.3) is 0 Å². The average molecular weight is 496 g/mol. The van der Waals surface area contributed by atoms with Gasteiger partial charge in [-0.05, 0) is 29.8 Å². The number of hydrogen-bond acceptors (Lipinski definition) is 5. The Bertz CT molecular complexity index is 974. The van der Waals surface area contributed by atoms with Crippen LogP contribution in [0, 0.1) is 0 Å². The van der Waals surface area contributed by atoms with Crippen molar-refractivity contribution in [2.75, 3.05) is 51.0 Å². The van der Waals surface area contributed by atoms with Gasteiger partial charge in [0.05, 0.1) is 25.6 Å². The van der Waals surface area contributed by atoms with E-state index in [1.165, 1.54) is 4.31 Å². The number of para-hydroxylation sites is 2. The number of piperazine rings is 1. The molecule has 1 fully saturated rings. The number of carbonyl (C=O) groups is 1. The van der Waals surface area contributed by atoms with Crippen LogP contribution in [0.25, 0.3) is 0 Å². The molecule has 1 saturated heterocycles. The number of anilines is 1. The highest BCUT2D eigenvalue weighted by atomic mass is 79.9. The van der Waals surface area contributed by atoms with Gasteiger partial charge in [0.15, 0.2) is 0 Å². The first-order chi connectivity index (χ1) is 14.3. The van der Waals surface area contributed by atoms with E-state index in [1.807, 2.05) is 48.5 Å². The highest BCUT2D eigenvalue weighted by molar-refractivity contribution is 9.10. The number of carbonyl (C=O) groups excluding carboxylic acids is 1. The second-order valence-electron chi connectivity index (χ2n) is 7.20. The number of nitrogens with zero attached hydrogens (tertiary/aromatic N) is 3. The smallest absolute Gasteiger partial charge is 0.238 e. The molecule has 0 saturated carbocycles. The molecular weight excluding hydrogens is 470 g/mol. The highest BCUT2D eigenvalue weighted by Gasteiger charge is 2.27. The van der Waals surface area contributed by atoms with Crippen molar-refractivity contribution in [3.8, 4) is 5.75 Å². The summed E-state index contributed by atoms with van der Waals surface area (Å²) in [6, 6.07) is 15.2. The third-order valence-electron chi connectivity index (χ3n) is 5.11. The summed E-state index contributed by atoms with van der Waals surface area (Å²) < 4.78 is 32.1. The van der Waals surface area contributed by atoms with Crippen LogP contribution in [0.1, 0.15) is 5.56 Å². The van der Waals surface area contributed by atoms with Gasteiger partial charge < -0.3 is 14.5 Å². The van der Waals surface area contributed by atoms with E-state index in [0.717, 1.165) is 27.7 Å². The van der Waals surface area contributed by atoms with Crippen LogP contribution in [0.4, 0.5) is 5.69 Å². The molecule has 2 aromatic carbocycles. The Labute approximate surface area is 186 Å². The van der Waals surface area contributed by atoms with Crippen molar-refractivity contribution in [2.24, 2.45) is 0 Å². The second kappa shape index (κ2) is 9.80. The summed E-state index contributed by atoms with van der Waals surface area (Å²) in [5.41, 5.74) is 1.83. The minimum atomic E-state index is -3.52. The maximum absolute atomic E-state index is 12.8. The fourth-order valence-corrected chi connectivity index (χ4v) is 4.42. The zero-order valence-electron chi connectivity index (χ0n) is 17.1. The average Bonchev–Trinajstić information content (AvgIpc) is 2.74. The number of methoxy groups -OCH3 is 1. The van der Waals surface area contributed by atoms with Crippen LogP contribution in [-0.2, 0) is 21.4 Å². The molecule has 0 aromatic heterocycles. The third kappa shape index (κ3) is 5.74. The first-order valence-corrected chi connectivity index (χ1v) is 12.3. The summed E-state index contributed by atoms with van der Waals surface area (Å²) in [6.45, 7) is 2.40. The molecule has 0 atom stereocenters. The number of ether oxygens (including phenoxy) is 1. The third-order valence-corrected chi connectivity index (χ3v) is 6.84. The largest absolute Gasteiger partial charge is 0.495 e. The highest BCUT2D eigenvalue weighted by Crippen LogP contribution is 2.28. The maximum atomic E-state index is 12.8. The van der Waals surface area contributed by atoms with Crippen molar-refractivity contribution in [1.29, 1.82) is 0 Å². The topological polar surface area (TPSA) is 70.2 Å². The summed E-state index contributed by atoms with van der Waals surface area (Å²) in [6.07, 6.45) is 1.14. The first-order valence-electron chi connectivity index (χ1n) is 9.63. The van der Waals surface area contributed by atoms with E-state index in [1.54, 1.807) is 12.0 Å². The molecule has 30 heavy (non-hydrogen) atoms. The van der Waals surface area contributed by atoms with Gasteiger partial charge in [0.1, 0.15) is 5.75 Å². The van der Waals surface area contributed by atoms with Crippen LogP contribution in [0.5, 0.6) is 5.75 Å². The van der Waals surface area contributed by atoms with E-state index in [2.05, 4.69) is 20.8 Å². The van der Waals surface area contributed by atoms with Crippen LogP contribution in [0.15, 0.2) is 53.0 Å². The molecule has 1 aliphatic rings. The molecule has 0 spiro atoms. The minimum absolute atomic E-state index is 0.163. The van der Waals surface area contributed by atoms with Gasteiger partial charge in [0, 0.05) is 37.2 Å². The molecule has 0 N–H and O–H groups in total. The van der Waals surface area contributed by atoms with Crippen molar-refractivity contribution >= 4 is 37.5 Å². The quantitative estimate of drug-likeness (QED) is 0.590. The summed E-state index contributed by atoms with van der Waals surface area (Å²) >= 11 is 3.37. The van der Waals surface area contributed by atoms with Gasteiger partial charge in [-0.15, -0.1) is 0 Å². The molecule has 162 valence electrons. The molecule has 1 aliphatic heterocycles. The van der Waals surface area contributed by atoms with E-state index in [0.29, 0.717) is 26.2 Å². The lowest BCUT2D eigenvalue weighted by atomic mass is 10.2. The maximum Gasteiger partial charge on any atom is 0.238 e. The Morgan fingerprint density at radius 3 is 2.30 bits per heavy atom. The van der Waals surface area contributed by atoms with Crippen molar-refractivity contribution in [3.63, 3.8) is 0 Å². The van der Waals surface area contributed by atoms with E-state index < -0.39 is 10.0 Å². The van der Waals surface area contributed by atoms with Gasteiger partial charge in [0.2, 0.25) is 15.9 Å². The molecule has 9 heteroatoms. The number of amides is 1. The number of rotatable bonds is 7. The van der Waals surface area contributed by atoms with Gasteiger partial charge >= 0.3 is 0 Å². The van der Waals surface area contributed by atoms with Crippen molar-refractivity contribution in [1.82, 2.24) is 9.21 Å². The fraction of sp³-hybridized carbons (Fsp3) is 0.381. The Hall–Kier alpha value is -2.10. The molecule has 1 heterocycles. The van der Waals surface area contributed by atoms with E-state index >= 15 is 0 Å². The van der Waals surface area contributed by atoms with Crippen LogP contribution in [-0.4, -0.2) is 69.6 Å². The Morgan fingerprint density at radius 1 is 1.07 bits per heavy atom. The van der Waals surface area contributed by atoms with Crippen LogP contribution >= 0.6 is 15.9 Å². The van der Waals surface area contributed by atoms with E-state index in [9.17, 15) is 13.2 Å². The zero-order valence-corrected chi connectivity index (χ0v) is 19.5. The van der Waals surface area contributed by atoms with Crippen molar-refractivity contribution < 1.29 is 17.9 Å². The SMILES string of the molecule is COc1ccccc1N1CCN(C(=O)CN(Cc2ccc(Br)cc2)S(C)(=O)=O)CC1. The molecule has 2 aromatic rings. The van der Waals surface area contributed by atoms with E-state index in [-0.39, 0.29) is 19.0 Å². The summed E-state index contributed by atoms with van der Waals surface area (Å²) in [4.78, 5) is 16.7. The second-order valence-corrected chi connectivity index (χ2v) is 10.1. The Balaban J connectivity index is 1.62. The lowest BCUT2D eigenvalue weighted by Gasteiger charge is -2.37. The lowest BCUT2D eigenvalue weighted by molar-refractivity contribution is -0.131. The van der Waals surface area contributed by atoms with E-state index in [4.69, 9.17) is 4.74 Å². The molecule has 3 rings (SSSR count). The molecule has 0 aliphatic carbocycles.